The minimum atomic E-state index is 0.0892. The summed E-state index contributed by atoms with van der Waals surface area (Å²) < 4.78 is 5.63. The third kappa shape index (κ3) is 3.87. The average Bonchev–Trinajstić information content (AvgIpc) is 2.38. The molecule has 2 unspecified atom stereocenters. The monoisotopic (exact) mass is 296 g/mol. The Morgan fingerprint density at radius 2 is 2.05 bits per heavy atom. The van der Waals surface area contributed by atoms with Gasteiger partial charge < -0.3 is 15.0 Å². The van der Waals surface area contributed by atoms with Crippen molar-refractivity contribution in [2.24, 2.45) is 0 Å². The van der Waals surface area contributed by atoms with Gasteiger partial charge in [-0.15, -0.1) is 0 Å². The van der Waals surface area contributed by atoms with E-state index in [1.54, 1.807) is 0 Å². The zero-order valence-corrected chi connectivity index (χ0v) is 12.9. The highest BCUT2D eigenvalue weighted by molar-refractivity contribution is 6.30. The molecule has 0 bridgehead atoms. The van der Waals surface area contributed by atoms with Gasteiger partial charge in [-0.25, -0.2) is 0 Å². The number of carbonyl (C=O) groups is 1. The van der Waals surface area contributed by atoms with Crippen LogP contribution in [0.25, 0.3) is 0 Å². The molecule has 1 heterocycles. The minimum absolute atomic E-state index is 0.0892. The molecule has 0 radical (unpaired) electrons. The van der Waals surface area contributed by atoms with Gasteiger partial charge in [0.05, 0.1) is 18.8 Å². The van der Waals surface area contributed by atoms with Gasteiger partial charge in [0.1, 0.15) is 0 Å². The zero-order valence-electron chi connectivity index (χ0n) is 12.1. The Morgan fingerprint density at radius 1 is 1.40 bits per heavy atom. The fourth-order valence-electron chi connectivity index (χ4n) is 2.45. The van der Waals surface area contributed by atoms with Crippen molar-refractivity contribution < 1.29 is 9.53 Å². The Morgan fingerprint density at radius 3 is 2.70 bits per heavy atom. The molecule has 1 amide bonds. The van der Waals surface area contributed by atoms with Gasteiger partial charge >= 0.3 is 0 Å². The van der Waals surface area contributed by atoms with Crippen LogP contribution in [0.1, 0.15) is 19.4 Å². The summed E-state index contributed by atoms with van der Waals surface area (Å²) in [6, 6.07) is 5.62. The van der Waals surface area contributed by atoms with Crippen LogP contribution in [0.5, 0.6) is 0 Å². The van der Waals surface area contributed by atoms with E-state index in [0.29, 0.717) is 18.1 Å². The number of amides is 1. The normalized spacial score (nSPS) is 22.7. The molecular weight excluding hydrogens is 276 g/mol. The summed E-state index contributed by atoms with van der Waals surface area (Å²) in [6.45, 7) is 7.55. The van der Waals surface area contributed by atoms with E-state index in [1.165, 1.54) is 0 Å². The first-order chi connectivity index (χ1) is 9.45. The van der Waals surface area contributed by atoms with Crippen molar-refractivity contribution in [1.82, 2.24) is 4.90 Å². The van der Waals surface area contributed by atoms with Gasteiger partial charge in [0.2, 0.25) is 5.91 Å². The highest BCUT2D eigenvalue weighted by Crippen LogP contribution is 2.20. The van der Waals surface area contributed by atoms with Crippen molar-refractivity contribution >= 4 is 23.2 Å². The van der Waals surface area contributed by atoms with Gasteiger partial charge in [-0.2, -0.15) is 0 Å². The smallest absolute Gasteiger partial charge is 0.242 e. The predicted octanol–water partition coefficient (Wildman–Crippen LogP) is 2.70. The molecule has 1 fully saturated rings. The quantitative estimate of drug-likeness (QED) is 0.932. The summed E-state index contributed by atoms with van der Waals surface area (Å²) in [7, 11) is 0. The van der Waals surface area contributed by atoms with Gasteiger partial charge in [-0.3, -0.25) is 4.79 Å². The van der Waals surface area contributed by atoms with Crippen LogP contribution < -0.4 is 5.32 Å². The van der Waals surface area contributed by atoms with Gasteiger partial charge in [0.25, 0.3) is 0 Å². The lowest BCUT2D eigenvalue weighted by Gasteiger charge is -2.35. The van der Waals surface area contributed by atoms with E-state index in [1.807, 2.05) is 43.9 Å². The van der Waals surface area contributed by atoms with Crippen molar-refractivity contribution in [1.29, 1.82) is 0 Å². The van der Waals surface area contributed by atoms with E-state index < -0.39 is 0 Å². The number of ether oxygens (including phenoxy) is 1. The lowest BCUT2D eigenvalue weighted by molar-refractivity contribution is -0.141. The van der Waals surface area contributed by atoms with Crippen LogP contribution in [0.2, 0.25) is 5.02 Å². The minimum Gasteiger partial charge on any atom is -0.376 e. The third-order valence-electron chi connectivity index (χ3n) is 3.40. The SMILES string of the molecule is Cc1ccc(Cl)cc1NCC(=O)N1CC(C)OC(C)C1. The molecule has 2 rings (SSSR count). The fraction of sp³-hybridized carbons (Fsp3) is 0.533. The lowest BCUT2D eigenvalue weighted by atomic mass is 10.2. The molecule has 0 aliphatic carbocycles. The van der Waals surface area contributed by atoms with Crippen molar-refractivity contribution in [2.45, 2.75) is 33.0 Å². The number of benzene rings is 1. The van der Waals surface area contributed by atoms with Crippen molar-refractivity contribution in [3.8, 4) is 0 Å². The van der Waals surface area contributed by atoms with Gasteiger partial charge in [-0.1, -0.05) is 17.7 Å². The van der Waals surface area contributed by atoms with Crippen LogP contribution >= 0.6 is 11.6 Å². The summed E-state index contributed by atoms with van der Waals surface area (Å²) >= 11 is 5.97. The molecule has 0 spiro atoms. The third-order valence-corrected chi connectivity index (χ3v) is 3.64. The number of aryl methyl sites for hydroxylation is 1. The molecular formula is C15H21ClN2O2. The van der Waals surface area contributed by atoms with Crippen molar-refractivity contribution in [3.63, 3.8) is 0 Å². The van der Waals surface area contributed by atoms with Crippen LogP contribution in [0.4, 0.5) is 5.69 Å². The van der Waals surface area contributed by atoms with Crippen molar-refractivity contribution in [3.05, 3.63) is 28.8 Å². The molecule has 20 heavy (non-hydrogen) atoms. The number of morpholine rings is 1. The first-order valence-corrected chi connectivity index (χ1v) is 7.26. The Hall–Kier alpha value is -1.26. The Balaban J connectivity index is 1.93. The topological polar surface area (TPSA) is 41.6 Å². The van der Waals surface area contributed by atoms with Gasteiger partial charge in [0, 0.05) is 23.8 Å². The van der Waals surface area contributed by atoms with E-state index in [-0.39, 0.29) is 24.7 Å². The van der Waals surface area contributed by atoms with E-state index in [4.69, 9.17) is 16.3 Å². The molecule has 0 aromatic heterocycles. The Bertz CT molecular complexity index is 483. The molecule has 0 saturated carbocycles. The maximum atomic E-state index is 12.2. The second kappa shape index (κ2) is 6.46. The zero-order chi connectivity index (χ0) is 14.7. The molecule has 5 heteroatoms. The van der Waals surface area contributed by atoms with Crippen LogP contribution in [0.3, 0.4) is 0 Å². The molecule has 110 valence electrons. The summed E-state index contributed by atoms with van der Waals surface area (Å²) in [5.41, 5.74) is 1.98. The Kier molecular flexibility index (Phi) is 4.89. The maximum absolute atomic E-state index is 12.2. The number of halogens is 1. The van der Waals surface area contributed by atoms with Crippen LogP contribution in [0.15, 0.2) is 18.2 Å². The highest BCUT2D eigenvalue weighted by Gasteiger charge is 2.25. The lowest BCUT2D eigenvalue weighted by Crippen LogP contribution is -2.49. The van der Waals surface area contributed by atoms with E-state index >= 15 is 0 Å². The number of nitrogens with one attached hydrogen (secondary N) is 1. The molecule has 1 N–H and O–H groups in total. The number of hydrogen-bond donors (Lipinski definition) is 1. The predicted molar refractivity (Wildman–Crippen MR) is 81.3 cm³/mol. The number of rotatable bonds is 3. The number of anilines is 1. The van der Waals surface area contributed by atoms with E-state index in [0.717, 1.165) is 11.3 Å². The molecule has 2 atom stereocenters. The number of carbonyl (C=O) groups excluding carboxylic acids is 1. The molecule has 1 aliphatic heterocycles. The molecule has 1 saturated heterocycles. The summed E-state index contributed by atoms with van der Waals surface area (Å²) in [6.07, 6.45) is 0.186. The first kappa shape index (κ1) is 15.1. The van der Waals surface area contributed by atoms with Crippen LogP contribution in [-0.4, -0.2) is 42.6 Å². The van der Waals surface area contributed by atoms with Crippen molar-refractivity contribution in [2.75, 3.05) is 25.0 Å². The van der Waals surface area contributed by atoms with E-state index in [9.17, 15) is 4.79 Å². The fourth-order valence-corrected chi connectivity index (χ4v) is 2.62. The highest BCUT2D eigenvalue weighted by atomic mass is 35.5. The maximum Gasteiger partial charge on any atom is 0.242 e. The average molecular weight is 297 g/mol. The summed E-state index contributed by atoms with van der Waals surface area (Å²) in [5.74, 6) is 0.0892. The van der Waals surface area contributed by atoms with Gasteiger partial charge in [-0.05, 0) is 38.5 Å². The first-order valence-electron chi connectivity index (χ1n) is 6.89. The van der Waals surface area contributed by atoms with Crippen LogP contribution in [-0.2, 0) is 9.53 Å². The number of hydrogen-bond acceptors (Lipinski definition) is 3. The number of nitrogens with zero attached hydrogens (tertiary/aromatic N) is 1. The second-order valence-electron chi connectivity index (χ2n) is 5.37. The molecule has 4 nitrogen and oxygen atoms in total. The summed E-state index contributed by atoms with van der Waals surface area (Å²) in [4.78, 5) is 14.1. The molecule has 1 aliphatic rings. The van der Waals surface area contributed by atoms with E-state index in [2.05, 4.69) is 5.32 Å². The summed E-state index contributed by atoms with van der Waals surface area (Å²) in [5, 5.41) is 3.83. The molecule has 1 aromatic carbocycles. The van der Waals surface area contributed by atoms with Crippen LogP contribution in [0, 0.1) is 6.92 Å². The largest absolute Gasteiger partial charge is 0.376 e. The van der Waals surface area contributed by atoms with Gasteiger partial charge in [0.15, 0.2) is 0 Å². The second-order valence-corrected chi connectivity index (χ2v) is 5.81. The standard InChI is InChI=1S/C15H21ClN2O2/c1-10-4-5-13(16)6-14(10)17-7-15(19)18-8-11(2)20-12(3)9-18/h4-6,11-12,17H,7-9H2,1-3H3. The Labute approximate surface area is 125 Å². The molecule has 1 aromatic rings.